The van der Waals surface area contributed by atoms with Crippen LogP contribution in [0.25, 0.3) is 0 Å². The number of carbonyl (C=O) groups is 1. The Labute approximate surface area is 199 Å². The fourth-order valence-electron chi connectivity index (χ4n) is 5.25. The second-order valence-electron chi connectivity index (χ2n) is 9.11. The molecule has 0 bridgehead atoms. The number of carbonyl (C=O) groups excluding carboxylic acids is 1. The van der Waals surface area contributed by atoms with Crippen molar-refractivity contribution in [3.05, 3.63) is 89.5 Å². The molecule has 0 amide bonds. The van der Waals surface area contributed by atoms with E-state index in [9.17, 15) is 9.35 Å². The molecule has 3 aromatic rings. The lowest BCUT2D eigenvalue weighted by molar-refractivity contribution is 0.101. The van der Waals surface area contributed by atoms with E-state index in [-0.39, 0.29) is 11.8 Å². The Morgan fingerprint density at radius 1 is 0.909 bits per heavy atom. The van der Waals surface area contributed by atoms with E-state index >= 15 is 0 Å². The van der Waals surface area contributed by atoms with Crippen LogP contribution in [0.15, 0.2) is 77.7 Å². The highest BCUT2D eigenvalue weighted by molar-refractivity contribution is 7.89. The molecule has 2 unspecified atom stereocenters. The molecule has 1 aliphatic carbocycles. The minimum Gasteiger partial charge on any atom is -0.593 e. The van der Waals surface area contributed by atoms with Gasteiger partial charge in [-0.25, -0.2) is 0 Å². The lowest BCUT2D eigenvalue weighted by Crippen LogP contribution is -2.44. The van der Waals surface area contributed by atoms with Gasteiger partial charge in [-0.1, -0.05) is 36.4 Å². The number of Topliss-reactive ketones (excluding diaryl/α,β-unsaturated/α-hetero) is 1. The van der Waals surface area contributed by atoms with Crippen LogP contribution in [0.5, 0.6) is 0 Å². The first-order chi connectivity index (χ1) is 16.1. The van der Waals surface area contributed by atoms with E-state index in [1.807, 2.05) is 0 Å². The zero-order chi connectivity index (χ0) is 22.8. The zero-order valence-electron chi connectivity index (χ0n) is 19.0. The molecule has 5 rings (SSSR count). The second kappa shape index (κ2) is 9.72. The van der Waals surface area contributed by atoms with Crippen molar-refractivity contribution in [1.82, 2.24) is 4.72 Å². The second-order valence-corrected chi connectivity index (χ2v) is 10.4. The standard InChI is InChI=1S/C28H30N2O2S/c1-20(31)21-15-17-26(18-16-21)33(32)29-24-9-6-10-25(19-24)30-27-11-4-2-7-22(27)13-14-23-8-3-5-12-28(23)30/h2-5,7-8,11-12,15-18,24-25,29H,6,9-10,13-14,19H2,1H3/t24-,25?,33?/m0/s1. The lowest BCUT2D eigenvalue weighted by Gasteiger charge is -2.39. The molecule has 5 heteroatoms. The number of hydrogen-bond donors (Lipinski definition) is 1. The summed E-state index contributed by atoms with van der Waals surface area (Å²) < 4.78 is 16.4. The van der Waals surface area contributed by atoms with Crippen LogP contribution >= 0.6 is 0 Å². The summed E-state index contributed by atoms with van der Waals surface area (Å²) in [6.45, 7) is 1.55. The molecule has 1 aliphatic heterocycles. The summed E-state index contributed by atoms with van der Waals surface area (Å²) >= 11 is -1.30. The van der Waals surface area contributed by atoms with Crippen molar-refractivity contribution in [3.63, 3.8) is 0 Å². The number of hydrogen-bond acceptors (Lipinski definition) is 4. The van der Waals surface area contributed by atoms with Crippen LogP contribution < -0.4 is 9.62 Å². The topological polar surface area (TPSA) is 55.4 Å². The van der Waals surface area contributed by atoms with Gasteiger partial charge in [0.1, 0.15) is 0 Å². The largest absolute Gasteiger partial charge is 0.593 e. The van der Waals surface area contributed by atoms with Crippen LogP contribution in [-0.2, 0) is 24.2 Å². The van der Waals surface area contributed by atoms with Gasteiger partial charge in [0.2, 0.25) is 0 Å². The predicted molar refractivity (Wildman–Crippen MR) is 134 cm³/mol. The molecule has 2 aliphatic rings. The highest BCUT2D eigenvalue weighted by Gasteiger charge is 2.33. The van der Waals surface area contributed by atoms with E-state index in [0.717, 1.165) is 38.5 Å². The van der Waals surface area contributed by atoms with Crippen molar-refractivity contribution in [2.75, 3.05) is 4.90 Å². The monoisotopic (exact) mass is 458 g/mol. The van der Waals surface area contributed by atoms with E-state index in [0.29, 0.717) is 16.5 Å². The van der Waals surface area contributed by atoms with Gasteiger partial charge >= 0.3 is 0 Å². The van der Waals surface area contributed by atoms with Gasteiger partial charge in [0.25, 0.3) is 0 Å². The van der Waals surface area contributed by atoms with Crippen LogP contribution in [0.1, 0.15) is 54.1 Å². The summed E-state index contributed by atoms with van der Waals surface area (Å²) in [6.07, 6.45) is 6.30. The summed E-state index contributed by atoms with van der Waals surface area (Å²) in [6, 6.07) is 25.2. The number of aryl methyl sites for hydroxylation is 2. The molecule has 0 saturated heterocycles. The third kappa shape index (κ3) is 4.72. The number of ketones is 1. The SMILES string of the molecule is CC(=O)c1ccc([S+]([O-])N[C@H]2CCCC(N3c4ccccc4CCc4ccccc43)C2)cc1. The minimum atomic E-state index is -1.30. The smallest absolute Gasteiger partial charge is 0.173 e. The summed E-state index contributed by atoms with van der Waals surface area (Å²) in [5.74, 6) is 0.0217. The van der Waals surface area contributed by atoms with Crippen LogP contribution in [0.2, 0.25) is 0 Å². The molecule has 33 heavy (non-hydrogen) atoms. The van der Waals surface area contributed by atoms with Gasteiger partial charge < -0.3 is 9.45 Å². The molecule has 1 heterocycles. The average molecular weight is 459 g/mol. The molecule has 1 N–H and O–H groups in total. The van der Waals surface area contributed by atoms with Crippen molar-refractivity contribution >= 4 is 28.5 Å². The molecule has 4 nitrogen and oxygen atoms in total. The molecule has 0 radical (unpaired) electrons. The summed E-state index contributed by atoms with van der Waals surface area (Å²) in [5, 5.41) is 0. The maximum absolute atomic E-state index is 13.0. The highest BCUT2D eigenvalue weighted by atomic mass is 32.2. The number of rotatable bonds is 5. The maximum Gasteiger partial charge on any atom is 0.173 e. The Kier molecular flexibility index (Phi) is 6.54. The number of nitrogens with zero attached hydrogens (tertiary/aromatic N) is 1. The van der Waals surface area contributed by atoms with Gasteiger partial charge in [-0.2, -0.15) is 0 Å². The molecule has 1 fully saturated rings. The first kappa shape index (κ1) is 22.2. The van der Waals surface area contributed by atoms with Gasteiger partial charge in [0.05, 0.1) is 17.4 Å². The Bertz CT molecular complexity index is 1080. The Balaban J connectivity index is 1.37. The van der Waals surface area contributed by atoms with Crippen molar-refractivity contribution in [3.8, 4) is 0 Å². The van der Waals surface area contributed by atoms with Crippen molar-refractivity contribution in [2.24, 2.45) is 0 Å². The summed E-state index contributed by atoms with van der Waals surface area (Å²) in [4.78, 5) is 14.8. The van der Waals surface area contributed by atoms with Crippen molar-refractivity contribution in [1.29, 1.82) is 0 Å². The third-order valence-corrected chi connectivity index (χ3v) is 8.17. The zero-order valence-corrected chi connectivity index (χ0v) is 19.8. The fraction of sp³-hybridized carbons (Fsp3) is 0.321. The van der Waals surface area contributed by atoms with Gasteiger partial charge in [0.15, 0.2) is 10.7 Å². The quantitative estimate of drug-likeness (QED) is 0.391. The van der Waals surface area contributed by atoms with Gasteiger partial charge in [-0.05, 0) is 93.0 Å². The van der Waals surface area contributed by atoms with E-state index in [4.69, 9.17) is 0 Å². The third-order valence-electron chi connectivity index (χ3n) is 6.93. The molecule has 0 spiro atoms. The van der Waals surface area contributed by atoms with Gasteiger partial charge in [-0.15, -0.1) is 4.72 Å². The number of benzene rings is 3. The van der Waals surface area contributed by atoms with Crippen molar-refractivity contribution in [2.45, 2.75) is 62.4 Å². The normalized spacial score (nSPS) is 21.0. The number of anilines is 2. The molecular formula is C28H30N2O2S. The molecule has 1 saturated carbocycles. The maximum atomic E-state index is 13.0. The predicted octanol–water partition coefficient (Wildman–Crippen LogP) is 5.75. The van der Waals surface area contributed by atoms with E-state index in [2.05, 4.69) is 58.2 Å². The van der Waals surface area contributed by atoms with Crippen LogP contribution in [0.4, 0.5) is 11.4 Å². The average Bonchev–Trinajstić information content (AvgIpc) is 3.01. The molecule has 3 aromatic carbocycles. The Morgan fingerprint density at radius 2 is 1.52 bits per heavy atom. The summed E-state index contributed by atoms with van der Waals surface area (Å²) in [7, 11) is 0. The number of fused-ring (bicyclic) bond motifs is 2. The first-order valence-corrected chi connectivity index (χ1v) is 13.0. The van der Waals surface area contributed by atoms with Crippen LogP contribution in [0, 0.1) is 0 Å². The molecular weight excluding hydrogens is 428 g/mol. The summed E-state index contributed by atoms with van der Waals surface area (Å²) in [5.41, 5.74) is 6.07. The Morgan fingerprint density at radius 3 is 2.12 bits per heavy atom. The molecule has 3 atom stereocenters. The van der Waals surface area contributed by atoms with E-state index in [1.165, 1.54) is 22.5 Å². The van der Waals surface area contributed by atoms with E-state index in [1.54, 1.807) is 31.2 Å². The molecule has 0 aromatic heterocycles. The lowest BCUT2D eigenvalue weighted by atomic mass is 9.89. The fourth-order valence-corrected chi connectivity index (χ4v) is 6.28. The van der Waals surface area contributed by atoms with Gasteiger partial charge in [0, 0.05) is 23.0 Å². The van der Waals surface area contributed by atoms with Crippen molar-refractivity contribution < 1.29 is 9.35 Å². The van der Waals surface area contributed by atoms with Gasteiger partial charge in [-0.3, -0.25) is 4.79 Å². The van der Waals surface area contributed by atoms with E-state index < -0.39 is 11.4 Å². The number of para-hydroxylation sites is 2. The Hall–Kier alpha value is -2.60. The highest BCUT2D eigenvalue weighted by Crippen LogP contribution is 2.40. The molecule has 170 valence electrons. The first-order valence-electron chi connectivity index (χ1n) is 11.8. The van der Waals surface area contributed by atoms with Crippen LogP contribution in [0.3, 0.4) is 0 Å². The van der Waals surface area contributed by atoms with Crippen LogP contribution in [-0.4, -0.2) is 22.4 Å². The number of nitrogens with one attached hydrogen (secondary N) is 1. The minimum absolute atomic E-state index is 0.0217.